The molecule has 2 aliphatic rings. The van der Waals surface area contributed by atoms with Crippen molar-refractivity contribution >= 4 is 11.4 Å². The average Bonchev–Trinajstić information content (AvgIpc) is 3.61. The number of rotatable bonds is 11. The minimum absolute atomic E-state index is 0.0293. The third kappa shape index (κ3) is 6.12. The molecule has 0 radical (unpaired) electrons. The van der Waals surface area contributed by atoms with Gasteiger partial charge in [0.15, 0.2) is 17.3 Å². The summed E-state index contributed by atoms with van der Waals surface area (Å²) in [6.45, 7) is -2.56. The van der Waals surface area contributed by atoms with Crippen LogP contribution < -0.4 is 14.8 Å². The maximum Gasteiger partial charge on any atom is 0.387 e. The minimum Gasteiger partial charge on any atom is -0.489 e. The molecule has 1 atom stereocenters. The second-order valence-electron chi connectivity index (χ2n) is 9.49. The van der Waals surface area contributed by atoms with Crippen molar-refractivity contribution < 1.29 is 23.2 Å². The fourth-order valence-electron chi connectivity index (χ4n) is 4.62. The second-order valence-corrected chi connectivity index (χ2v) is 9.49. The summed E-state index contributed by atoms with van der Waals surface area (Å²) in [5.41, 5.74) is 1.26. The molecule has 0 aliphatic heterocycles. The van der Waals surface area contributed by atoms with E-state index in [0.717, 1.165) is 38.5 Å². The quantitative estimate of drug-likeness (QED) is 0.257. The molecule has 10 nitrogen and oxygen atoms in total. The Kier molecular flexibility index (Phi) is 7.42. The number of halogens is 2. The Hall–Kier alpha value is -3.83. The van der Waals surface area contributed by atoms with Crippen LogP contribution in [-0.4, -0.2) is 38.3 Å². The zero-order valence-corrected chi connectivity index (χ0v) is 20.1. The van der Waals surface area contributed by atoms with E-state index in [2.05, 4.69) is 20.8 Å². The zero-order chi connectivity index (χ0) is 25.8. The number of alkyl halides is 2. The molecule has 1 N–H and O–H groups in total. The van der Waals surface area contributed by atoms with Crippen molar-refractivity contribution in [3.8, 4) is 11.5 Å². The van der Waals surface area contributed by atoms with Crippen LogP contribution in [0.15, 0.2) is 42.5 Å². The number of tetrazole rings is 1. The zero-order valence-electron chi connectivity index (χ0n) is 20.1. The van der Waals surface area contributed by atoms with Crippen LogP contribution in [0, 0.1) is 16.0 Å². The maximum absolute atomic E-state index is 13.1. The summed E-state index contributed by atoms with van der Waals surface area (Å²) >= 11 is 0. The summed E-state index contributed by atoms with van der Waals surface area (Å²) in [5, 5.41) is 27.0. The Morgan fingerprint density at radius 2 is 1.81 bits per heavy atom. The van der Waals surface area contributed by atoms with Crippen molar-refractivity contribution in [2.75, 3.05) is 11.9 Å². The lowest BCUT2D eigenvalue weighted by molar-refractivity contribution is -0.384. The summed E-state index contributed by atoms with van der Waals surface area (Å²) in [6.07, 6.45) is 7.35. The van der Waals surface area contributed by atoms with Gasteiger partial charge in [0.25, 0.3) is 5.69 Å². The monoisotopic (exact) mass is 514 g/mol. The molecule has 1 aromatic heterocycles. The summed E-state index contributed by atoms with van der Waals surface area (Å²) in [4.78, 5) is 10.6. The lowest BCUT2D eigenvalue weighted by atomic mass is 9.95. The van der Waals surface area contributed by atoms with Crippen molar-refractivity contribution in [2.24, 2.45) is 5.92 Å². The topological polar surface area (TPSA) is 117 Å². The molecule has 0 bridgehead atoms. The number of benzene rings is 2. The highest BCUT2D eigenvalue weighted by atomic mass is 19.3. The molecule has 1 heterocycles. The molecule has 2 aromatic carbocycles. The number of nitrogens with one attached hydrogen (secondary N) is 1. The van der Waals surface area contributed by atoms with Crippen LogP contribution in [-0.2, 0) is 0 Å². The second kappa shape index (κ2) is 11.1. The predicted molar refractivity (Wildman–Crippen MR) is 130 cm³/mol. The Labute approximate surface area is 212 Å². The fourth-order valence-corrected chi connectivity index (χ4v) is 4.62. The molecule has 0 saturated heterocycles. The van der Waals surface area contributed by atoms with Crippen molar-refractivity contribution in [1.29, 1.82) is 0 Å². The van der Waals surface area contributed by atoms with E-state index in [1.54, 1.807) is 24.3 Å². The predicted octanol–water partition coefficient (Wildman–Crippen LogP) is 5.68. The van der Waals surface area contributed by atoms with E-state index in [1.165, 1.54) is 24.6 Å². The first-order valence-corrected chi connectivity index (χ1v) is 12.5. The highest BCUT2D eigenvalue weighted by molar-refractivity contribution is 5.53. The summed E-state index contributed by atoms with van der Waals surface area (Å²) in [5.74, 6) is 1.15. The van der Waals surface area contributed by atoms with Gasteiger partial charge in [0.1, 0.15) is 6.04 Å². The van der Waals surface area contributed by atoms with Crippen molar-refractivity contribution in [3.63, 3.8) is 0 Å². The van der Waals surface area contributed by atoms with Gasteiger partial charge in [-0.05, 0) is 71.9 Å². The summed E-state index contributed by atoms with van der Waals surface area (Å²) < 4.78 is 38.6. The third-order valence-corrected chi connectivity index (χ3v) is 6.77. The van der Waals surface area contributed by atoms with E-state index in [-0.39, 0.29) is 23.2 Å². The number of hydrogen-bond donors (Lipinski definition) is 1. The molecule has 3 aromatic rings. The number of aromatic nitrogens is 4. The van der Waals surface area contributed by atoms with E-state index >= 15 is 0 Å². The Morgan fingerprint density at radius 3 is 2.49 bits per heavy atom. The summed E-state index contributed by atoms with van der Waals surface area (Å²) in [6, 6.07) is 10.4. The first-order chi connectivity index (χ1) is 18.0. The van der Waals surface area contributed by atoms with Crippen LogP contribution in [0.5, 0.6) is 11.5 Å². The van der Waals surface area contributed by atoms with E-state index in [0.29, 0.717) is 29.6 Å². The molecule has 12 heteroatoms. The SMILES string of the molecule is O=[N+]([O-])c1ccc(NC(c2ccc(OC(F)F)c(OCC3CC3)c2)c2nnnn2C2CCCCC2)cc1. The number of hydrogen-bond acceptors (Lipinski definition) is 8. The number of nitro benzene ring substituents is 1. The van der Waals surface area contributed by atoms with Crippen LogP contribution in [0.2, 0.25) is 0 Å². The first-order valence-electron chi connectivity index (χ1n) is 12.5. The minimum atomic E-state index is -2.98. The Balaban J connectivity index is 1.51. The van der Waals surface area contributed by atoms with Gasteiger partial charge in [0.2, 0.25) is 0 Å². The smallest absolute Gasteiger partial charge is 0.387 e. The average molecular weight is 515 g/mol. The van der Waals surface area contributed by atoms with Gasteiger partial charge < -0.3 is 14.8 Å². The standard InChI is InChI=1S/C25H28F2N6O4/c26-25(27)37-21-13-8-17(14-22(21)36-15-16-6-7-16)23(28-18-9-11-20(12-10-18)33(34)35)24-29-30-31-32(24)19-4-2-1-3-5-19/h8-14,16,19,23,25,28H,1-7,15H2. The van der Waals surface area contributed by atoms with Gasteiger partial charge in [0.05, 0.1) is 17.6 Å². The molecule has 2 fully saturated rings. The molecule has 196 valence electrons. The van der Waals surface area contributed by atoms with Crippen LogP contribution in [0.4, 0.5) is 20.2 Å². The first kappa shape index (κ1) is 24.8. The van der Waals surface area contributed by atoms with E-state index in [4.69, 9.17) is 9.47 Å². The highest BCUT2D eigenvalue weighted by Crippen LogP contribution is 2.38. The molecule has 2 aliphatic carbocycles. The third-order valence-electron chi connectivity index (χ3n) is 6.77. The van der Waals surface area contributed by atoms with Crippen molar-refractivity contribution in [3.05, 3.63) is 64.0 Å². The Bertz CT molecular complexity index is 1210. The molecule has 5 rings (SSSR count). The van der Waals surface area contributed by atoms with Crippen LogP contribution >= 0.6 is 0 Å². The fraction of sp³-hybridized carbons (Fsp3) is 0.480. The lowest BCUT2D eigenvalue weighted by Gasteiger charge is -2.26. The van der Waals surface area contributed by atoms with Crippen LogP contribution in [0.1, 0.15) is 68.4 Å². The van der Waals surface area contributed by atoms with E-state index in [9.17, 15) is 18.9 Å². The lowest BCUT2D eigenvalue weighted by Crippen LogP contribution is -2.23. The van der Waals surface area contributed by atoms with Crippen molar-refractivity contribution in [1.82, 2.24) is 20.2 Å². The van der Waals surface area contributed by atoms with Gasteiger partial charge in [-0.3, -0.25) is 10.1 Å². The molecular formula is C25H28F2N6O4. The van der Waals surface area contributed by atoms with Gasteiger partial charge in [-0.25, -0.2) is 4.68 Å². The van der Waals surface area contributed by atoms with Gasteiger partial charge >= 0.3 is 6.61 Å². The van der Waals surface area contributed by atoms with Crippen LogP contribution in [0.3, 0.4) is 0 Å². The number of ether oxygens (including phenoxy) is 2. The summed E-state index contributed by atoms with van der Waals surface area (Å²) in [7, 11) is 0. The van der Waals surface area contributed by atoms with Gasteiger partial charge in [-0.2, -0.15) is 8.78 Å². The number of nitro groups is 1. The van der Waals surface area contributed by atoms with Gasteiger partial charge in [-0.15, -0.1) is 5.10 Å². The van der Waals surface area contributed by atoms with Gasteiger partial charge in [0, 0.05) is 17.8 Å². The molecule has 1 unspecified atom stereocenters. The number of anilines is 1. The molecule has 2 saturated carbocycles. The molecule has 0 amide bonds. The molecular weight excluding hydrogens is 486 g/mol. The maximum atomic E-state index is 13.1. The van der Waals surface area contributed by atoms with Gasteiger partial charge in [-0.1, -0.05) is 25.3 Å². The van der Waals surface area contributed by atoms with Crippen LogP contribution in [0.25, 0.3) is 0 Å². The van der Waals surface area contributed by atoms with E-state index in [1.807, 2.05) is 4.68 Å². The highest BCUT2D eigenvalue weighted by Gasteiger charge is 2.29. The molecule has 37 heavy (non-hydrogen) atoms. The molecule has 0 spiro atoms. The Morgan fingerprint density at radius 1 is 1.05 bits per heavy atom. The van der Waals surface area contributed by atoms with E-state index < -0.39 is 17.6 Å². The van der Waals surface area contributed by atoms with Crippen molar-refractivity contribution in [2.45, 2.75) is 63.6 Å². The largest absolute Gasteiger partial charge is 0.489 e. The number of nitrogens with zero attached hydrogens (tertiary/aromatic N) is 5. The normalized spacial score (nSPS) is 16.9. The number of non-ortho nitro benzene ring substituents is 1.